The fourth-order valence-electron chi connectivity index (χ4n) is 3.13. The average Bonchev–Trinajstić information content (AvgIpc) is 2.96. The Morgan fingerprint density at radius 3 is 2.68 bits per heavy atom. The van der Waals surface area contributed by atoms with Crippen molar-refractivity contribution in [3.05, 3.63) is 29.8 Å². The molecule has 3 heteroatoms. The normalized spacial score (nSPS) is 25.6. The van der Waals surface area contributed by atoms with Gasteiger partial charge in [0.15, 0.2) is 0 Å². The number of para-hydroxylation sites is 1. The Balaban J connectivity index is 1.69. The predicted octanol–water partition coefficient (Wildman–Crippen LogP) is 2.24. The minimum absolute atomic E-state index is 0.395. The monoisotopic (exact) mass is 260 g/mol. The number of nitrogens with one attached hydrogen (secondary N) is 1. The van der Waals surface area contributed by atoms with Crippen molar-refractivity contribution in [3.63, 3.8) is 0 Å². The minimum atomic E-state index is 0.395. The molecule has 1 aromatic rings. The Labute approximate surface area is 115 Å². The summed E-state index contributed by atoms with van der Waals surface area (Å²) in [4.78, 5) is 2.38. The molecule has 2 heterocycles. The quantitative estimate of drug-likeness (QED) is 0.902. The lowest BCUT2D eigenvalue weighted by molar-refractivity contribution is 0.113. The smallest absolute Gasteiger partial charge is 0.123 e. The van der Waals surface area contributed by atoms with Crippen LogP contribution in [0.3, 0.4) is 0 Å². The summed E-state index contributed by atoms with van der Waals surface area (Å²) in [7, 11) is 2.19. The van der Waals surface area contributed by atoms with E-state index in [1.165, 1.54) is 12.0 Å². The van der Waals surface area contributed by atoms with E-state index in [4.69, 9.17) is 4.74 Å². The molecule has 0 saturated carbocycles. The Morgan fingerprint density at radius 2 is 1.95 bits per heavy atom. The third kappa shape index (κ3) is 3.10. The van der Waals surface area contributed by atoms with Crippen molar-refractivity contribution >= 4 is 0 Å². The maximum atomic E-state index is 6.29. The van der Waals surface area contributed by atoms with E-state index in [0.717, 1.165) is 44.8 Å². The van der Waals surface area contributed by atoms with Gasteiger partial charge >= 0.3 is 0 Å². The number of hydrogen-bond donors (Lipinski definition) is 1. The Bertz CT molecular complexity index is 407. The second kappa shape index (κ2) is 5.93. The first kappa shape index (κ1) is 12.9. The molecular formula is C16H24N2O. The molecule has 0 spiro atoms. The van der Waals surface area contributed by atoms with Crippen LogP contribution in [-0.4, -0.2) is 44.2 Å². The van der Waals surface area contributed by atoms with Gasteiger partial charge in [-0.15, -0.1) is 0 Å². The van der Waals surface area contributed by atoms with Gasteiger partial charge in [-0.2, -0.15) is 0 Å². The molecule has 0 aromatic heterocycles. The fourth-order valence-corrected chi connectivity index (χ4v) is 3.13. The van der Waals surface area contributed by atoms with Gasteiger partial charge in [0.1, 0.15) is 11.9 Å². The number of ether oxygens (including phenoxy) is 1. The maximum Gasteiger partial charge on any atom is 0.123 e. The molecule has 0 bridgehead atoms. The second-order valence-electron chi connectivity index (χ2n) is 5.85. The standard InChI is InChI=1S/C16H24N2O/c1-18-10-7-14(8-11-18)19-16-5-3-2-4-15(16)13-6-9-17-12-13/h2-5,13-14,17H,6-12H2,1H3. The SMILES string of the molecule is CN1CCC(Oc2ccccc2C2CCNC2)CC1. The number of rotatable bonds is 3. The third-order valence-corrected chi connectivity index (χ3v) is 4.38. The minimum Gasteiger partial charge on any atom is -0.490 e. The van der Waals surface area contributed by atoms with Crippen molar-refractivity contribution in [3.8, 4) is 5.75 Å². The van der Waals surface area contributed by atoms with Crippen molar-refractivity contribution < 1.29 is 4.74 Å². The molecular weight excluding hydrogens is 236 g/mol. The first-order valence-electron chi connectivity index (χ1n) is 7.48. The van der Waals surface area contributed by atoms with Gasteiger partial charge in [0.2, 0.25) is 0 Å². The molecule has 2 saturated heterocycles. The zero-order chi connectivity index (χ0) is 13.1. The number of piperidine rings is 1. The lowest BCUT2D eigenvalue weighted by atomic mass is 9.97. The number of hydrogen-bond acceptors (Lipinski definition) is 3. The van der Waals surface area contributed by atoms with Crippen molar-refractivity contribution in [1.82, 2.24) is 10.2 Å². The van der Waals surface area contributed by atoms with E-state index in [2.05, 4.69) is 41.5 Å². The van der Waals surface area contributed by atoms with E-state index in [1.54, 1.807) is 0 Å². The van der Waals surface area contributed by atoms with E-state index in [1.807, 2.05) is 0 Å². The summed E-state index contributed by atoms with van der Waals surface area (Å²) in [6, 6.07) is 8.61. The lowest BCUT2D eigenvalue weighted by Crippen LogP contribution is -2.35. The highest BCUT2D eigenvalue weighted by molar-refractivity contribution is 5.37. The molecule has 3 nitrogen and oxygen atoms in total. The highest BCUT2D eigenvalue weighted by Crippen LogP contribution is 2.32. The van der Waals surface area contributed by atoms with Crippen LogP contribution in [0.25, 0.3) is 0 Å². The molecule has 3 rings (SSSR count). The van der Waals surface area contributed by atoms with Crippen molar-refractivity contribution in [2.24, 2.45) is 0 Å². The van der Waals surface area contributed by atoms with E-state index >= 15 is 0 Å². The van der Waals surface area contributed by atoms with Gasteiger partial charge in [-0.25, -0.2) is 0 Å². The molecule has 1 atom stereocenters. The Kier molecular flexibility index (Phi) is 4.04. The van der Waals surface area contributed by atoms with Crippen LogP contribution in [0.2, 0.25) is 0 Å². The Hall–Kier alpha value is -1.06. The van der Waals surface area contributed by atoms with Crippen LogP contribution in [0, 0.1) is 0 Å². The van der Waals surface area contributed by atoms with Crippen LogP contribution in [0.1, 0.15) is 30.7 Å². The lowest BCUT2D eigenvalue weighted by Gasteiger charge is -2.30. The van der Waals surface area contributed by atoms with Gasteiger partial charge in [0.25, 0.3) is 0 Å². The molecule has 19 heavy (non-hydrogen) atoms. The largest absolute Gasteiger partial charge is 0.490 e. The van der Waals surface area contributed by atoms with Gasteiger partial charge in [-0.05, 0) is 44.5 Å². The van der Waals surface area contributed by atoms with Gasteiger partial charge in [-0.3, -0.25) is 0 Å². The molecule has 1 unspecified atom stereocenters. The molecule has 104 valence electrons. The summed E-state index contributed by atoms with van der Waals surface area (Å²) in [5.74, 6) is 1.74. The zero-order valence-electron chi connectivity index (χ0n) is 11.8. The van der Waals surface area contributed by atoms with E-state index in [9.17, 15) is 0 Å². The molecule has 2 aliphatic heterocycles. The van der Waals surface area contributed by atoms with E-state index in [-0.39, 0.29) is 0 Å². The average molecular weight is 260 g/mol. The first-order chi connectivity index (χ1) is 9.33. The number of nitrogens with zero attached hydrogens (tertiary/aromatic N) is 1. The Morgan fingerprint density at radius 1 is 1.16 bits per heavy atom. The van der Waals surface area contributed by atoms with Crippen molar-refractivity contribution in [2.75, 3.05) is 33.2 Å². The summed E-state index contributed by atoms with van der Waals surface area (Å²) in [5, 5.41) is 3.45. The molecule has 0 aliphatic carbocycles. The molecule has 1 aromatic carbocycles. The van der Waals surface area contributed by atoms with Crippen LogP contribution in [-0.2, 0) is 0 Å². The van der Waals surface area contributed by atoms with Gasteiger partial charge in [-0.1, -0.05) is 18.2 Å². The fraction of sp³-hybridized carbons (Fsp3) is 0.625. The summed E-state index contributed by atoms with van der Waals surface area (Å²) < 4.78 is 6.29. The molecule has 0 radical (unpaired) electrons. The van der Waals surface area contributed by atoms with Gasteiger partial charge < -0.3 is 15.0 Å². The van der Waals surface area contributed by atoms with Gasteiger partial charge in [0.05, 0.1) is 0 Å². The second-order valence-corrected chi connectivity index (χ2v) is 5.85. The zero-order valence-corrected chi connectivity index (χ0v) is 11.8. The summed E-state index contributed by atoms with van der Waals surface area (Å²) >= 11 is 0. The highest BCUT2D eigenvalue weighted by Gasteiger charge is 2.23. The third-order valence-electron chi connectivity index (χ3n) is 4.38. The topological polar surface area (TPSA) is 24.5 Å². The molecule has 2 fully saturated rings. The van der Waals surface area contributed by atoms with Gasteiger partial charge in [0, 0.05) is 25.6 Å². The molecule has 0 amide bonds. The molecule has 1 N–H and O–H groups in total. The van der Waals surface area contributed by atoms with Crippen LogP contribution in [0.15, 0.2) is 24.3 Å². The predicted molar refractivity (Wildman–Crippen MR) is 77.8 cm³/mol. The summed E-state index contributed by atoms with van der Waals surface area (Å²) in [6.07, 6.45) is 3.92. The van der Waals surface area contributed by atoms with Crippen LogP contribution >= 0.6 is 0 Å². The first-order valence-corrected chi connectivity index (χ1v) is 7.48. The van der Waals surface area contributed by atoms with Crippen LogP contribution < -0.4 is 10.1 Å². The van der Waals surface area contributed by atoms with Crippen LogP contribution in [0.5, 0.6) is 5.75 Å². The summed E-state index contributed by atoms with van der Waals surface area (Å²) in [6.45, 7) is 4.52. The van der Waals surface area contributed by atoms with Crippen LogP contribution in [0.4, 0.5) is 0 Å². The van der Waals surface area contributed by atoms with Crippen molar-refractivity contribution in [2.45, 2.75) is 31.3 Å². The van der Waals surface area contributed by atoms with Crippen molar-refractivity contribution in [1.29, 1.82) is 0 Å². The highest BCUT2D eigenvalue weighted by atomic mass is 16.5. The maximum absolute atomic E-state index is 6.29. The molecule has 2 aliphatic rings. The van der Waals surface area contributed by atoms with E-state index in [0.29, 0.717) is 12.0 Å². The van der Waals surface area contributed by atoms with E-state index < -0.39 is 0 Å². The summed E-state index contributed by atoms with van der Waals surface area (Å²) in [5.41, 5.74) is 1.39. The number of likely N-dealkylation sites (tertiary alicyclic amines) is 1. The number of benzene rings is 1.